The Labute approximate surface area is 119 Å². The Morgan fingerprint density at radius 3 is 2.57 bits per heavy atom. The lowest BCUT2D eigenvalue weighted by molar-refractivity contribution is 0.507. The van der Waals surface area contributed by atoms with E-state index < -0.39 is 11.6 Å². The second-order valence-corrected chi connectivity index (χ2v) is 4.59. The molecule has 21 heavy (non-hydrogen) atoms. The SMILES string of the molecule is Cc1cc(N)ccc1-c1nnnn1-c1ccc(F)c(F)c1. The van der Waals surface area contributed by atoms with E-state index in [0.29, 0.717) is 17.2 Å². The molecule has 106 valence electrons. The lowest BCUT2D eigenvalue weighted by Gasteiger charge is -2.08. The molecule has 0 spiro atoms. The largest absolute Gasteiger partial charge is 0.399 e. The Morgan fingerprint density at radius 1 is 1.05 bits per heavy atom. The molecule has 0 radical (unpaired) electrons. The molecule has 0 saturated carbocycles. The number of anilines is 1. The van der Waals surface area contributed by atoms with Crippen molar-refractivity contribution in [2.45, 2.75) is 6.92 Å². The fourth-order valence-electron chi connectivity index (χ4n) is 2.08. The molecule has 0 aliphatic carbocycles. The number of tetrazole rings is 1. The molecule has 5 nitrogen and oxygen atoms in total. The molecule has 0 aliphatic rings. The van der Waals surface area contributed by atoms with Gasteiger partial charge in [-0.1, -0.05) is 0 Å². The van der Waals surface area contributed by atoms with Crippen molar-refractivity contribution in [3.8, 4) is 17.1 Å². The lowest BCUT2D eigenvalue weighted by atomic mass is 10.1. The van der Waals surface area contributed by atoms with Crippen LogP contribution < -0.4 is 5.73 Å². The minimum absolute atomic E-state index is 0.338. The van der Waals surface area contributed by atoms with Crippen LogP contribution in [0, 0.1) is 18.6 Å². The Hall–Kier alpha value is -2.83. The first-order valence-electron chi connectivity index (χ1n) is 6.16. The summed E-state index contributed by atoms with van der Waals surface area (Å²) in [5.74, 6) is -1.45. The molecule has 1 heterocycles. The lowest BCUT2D eigenvalue weighted by Crippen LogP contribution is -2.02. The summed E-state index contributed by atoms with van der Waals surface area (Å²) in [6.45, 7) is 1.87. The number of hydrogen-bond acceptors (Lipinski definition) is 4. The number of aryl methyl sites for hydroxylation is 1. The number of halogens is 2. The van der Waals surface area contributed by atoms with Crippen molar-refractivity contribution in [3.63, 3.8) is 0 Å². The summed E-state index contributed by atoms with van der Waals surface area (Å²) in [7, 11) is 0. The third kappa shape index (κ3) is 2.33. The average Bonchev–Trinajstić information content (AvgIpc) is 2.91. The second-order valence-electron chi connectivity index (χ2n) is 4.59. The minimum atomic E-state index is -0.956. The number of nitrogens with zero attached hydrogens (tertiary/aromatic N) is 4. The van der Waals surface area contributed by atoms with Gasteiger partial charge in [-0.25, -0.2) is 8.78 Å². The van der Waals surface area contributed by atoms with Gasteiger partial charge in [0.1, 0.15) is 0 Å². The summed E-state index contributed by atoms with van der Waals surface area (Å²) in [6, 6.07) is 8.79. The van der Waals surface area contributed by atoms with Crippen LogP contribution in [0.25, 0.3) is 17.1 Å². The fraction of sp³-hybridized carbons (Fsp3) is 0.0714. The van der Waals surface area contributed by atoms with Gasteiger partial charge >= 0.3 is 0 Å². The van der Waals surface area contributed by atoms with Crippen LogP contribution >= 0.6 is 0 Å². The highest BCUT2D eigenvalue weighted by molar-refractivity contribution is 5.65. The van der Waals surface area contributed by atoms with Crippen LogP contribution in [0.15, 0.2) is 36.4 Å². The Morgan fingerprint density at radius 2 is 1.86 bits per heavy atom. The second kappa shape index (κ2) is 4.93. The number of nitrogens with two attached hydrogens (primary N) is 1. The van der Waals surface area contributed by atoms with Gasteiger partial charge in [0, 0.05) is 17.3 Å². The van der Waals surface area contributed by atoms with Crippen molar-refractivity contribution in [2.24, 2.45) is 0 Å². The molecular weight excluding hydrogens is 276 g/mol. The monoisotopic (exact) mass is 287 g/mol. The highest BCUT2D eigenvalue weighted by atomic mass is 19.2. The van der Waals surface area contributed by atoms with E-state index in [1.54, 1.807) is 18.2 Å². The minimum Gasteiger partial charge on any atom is -0.399 e. The van der Waals surface area contributed by atoms with Crippen molar-refractivity contribution >= 4 is 5.69 Å². The third-order valence-corrected chi connectivity index (χ3v) is 3.11. The van der Waals surface area contributed by atoms with E-state index >= 15 is 0 Å². The van der Waals surface area contributed by atoms with Crippen molar-refractivity contribution in [1.29, 1.82) is 0 Å². The number of rotatable bonds is 2. The van der Waals surface area contributed by atoms with Gasteiger partial charge in [0.2, 0.25) is 0 Å². The van der Waals surface area contributed by atoms with Gasteiger partial charge in [0.05, 0.1) is 5.69 Å². The summed E-state index contributed by atoms with van der Waals surface area (Å²) in [5, 5.41) is 11.4. The number of benzene rings is 2. The molecule has 0 saturated heterocycles. The molecule has 0 amide bonds. The maximum Gasteiger partial charge on any atom is 0.187 e. The van der Waals surface area contributed by atoms with Gasteiger partial charge in [0.15, 0.2) is 17.5 Å². The molecule has 0 unspecified atom stereocenters. The summed E-state index contributed by atoms with van der Waals surface area (Å²) in [4.78, 5) is 0. The average molecular weight is 287 g/mol. The van der Waals surface area contributed by atoms with Crippen LogP contribution in [0.3, 0.4) is 0 Å². The van der Waals surface area contributed by atoms with Gasteiger partial charge in [-0.05, 0) is 53.2 Å². The highest BCUT2D eigenvalue weighted by Gasteiger charge is 2.14. The number of nitrogen functional groups attached to an aromatic ring is 1. The van der Waals surface area contributed by atoms with E-state index in [-0.39, 0.29) is 0 Å². The third-order valence-electron chi connectivity index (χ3n) is 3.11. The van der Waals surface area contributed by atoms with E-state index in [9.17, 15) is 8.78 Å². The molecule has 1 aromatic heterocycles. The maximum atomic E-state index is 13.4. The quantitative estimate of drug-likeness (QED) is 0.735. The van der Waals surface area contributed by atoms with Crippen molar-refractivity contribution in [1.82, 2.24) is 20.2 Å². The van der Waals surface area contributed by atoms with Gasteiger partial charge in [-0.3, -0.25) is 0 Å². The number of aromatic nitrogens is 4. The molecular formula is C14H11F2N5. The smallest absolute Gasteiger partial charge is 0.187 e. The molecule has 0 fully saturated rings. The summed E-state index contributed by atoms with van der Waals surface area (Å²) in [5.41, 5.74) is 8.33. The summed E-state index contributed by atoms with van der Waals surface area (Å²) >= 11 is 0. The first-order valence-corrected chi connectivity index (χ1v) is 6.16. The summed E-state index contributed by atoms with van der Waals surface area (Å²) in [6.07, 6.45) is 0. The number of hydrogen-bond donors (Lipinski definition) is 1. The van der Waals surface area contributed by atoms with Gasteiger partial charge in [-0.15, -0.1) is 5.10 Å². The van der Waals surface area contributed by atoms with Crippen LogP contribution in [0.4, 0.5) is 14.5 Å². The van der Waals surface area contributed by atoms with Gasteiger partial charge < -0.3 is 5.73 Å². The van der Waals surface area contributed by atoms with Gasteiger partial charge in [0.25, 0.3) is 0 Å². The van der Waals surface area contributed by atoms with Crippen LogP contribution in [-0.4, -0.2) is 20.2 Å². The van der Waals surface area contributed by atoms with Crippen LogP contribution in [0.2, 0.25) is 0 Å². The topological polar surface area (TPSA) is 69.6 Å². The van der Waals surface area contributed by atoms with Crippen LogP contribution in [0.5, 0.6) is 0 Å². The van der Waals surface area contributed by atoms with E-state index in [1.807, 2.05) is 6.92 Å². The summed E-state index contributed by atoms with van der Waals surface area (Å²) < 4.78 is 27.7. The molecule has 3 rings (SSSR count). The predicted molar refractivity (Wildman–Crippen MR) is 73.7 cm³/mol. The fourth-order valence-corrected chi connectivity index (χ4v) is 2.08. The zero-order valence-corrected chi connectivity index (χ0v) is 11.1. The van der Waals surface area contributed by atoms with E-state index in [2.05, 4.69) is 15.5 Å². The van der Waals surface area contributed by atoms with E-state index in [1.165, 1.54) is 10.7 Å². The zero-order chi connectivity index (χ0) is 15.0. The van der Waals surface area contributed by atoms with Crippen LogP contribution in [0.1, 0.15) is 5.56 Å². The standard InChI is InChI=1S/C14H11F2N5/c1-8-6-9(17)2-4-11(8)14-18-19-20-21(14)10-3-5-12(15)13(16)7-10/h2-7H,17H2,1H3. The van der Waals surface area contributed by atoms with Gasteiger partial charge in [-0.2, -0.15) is 4.68 Å². The van der Waals surface area contributed by atoms with Crippen molar-refractivity contribution < 1.29 is 8.78 Å². The van der Waals surface area contributed by atoms with E-state index in [0.717, 1.165) is 23.3 Å². The Kier molecular flexibility index (Phi) is 3.09. The first-order chi connectivity index (χ1) is 10.1. The molecule has 2 aromatic carbocycles. The highest BCUT2D eigenvalue weighted by Crippen LogP contribution is 2.25. The maximum absolute atomic E-state index is 13.4. The molecule has 0 bridgehead atoms. The molecule has 3 aromatic rings. The first kappa shape index (κ1) is 13.2. The Bertz CT molecular complexity index is 813. The van der Waals surface area contributed by atoms with Crippen molar-refractivity contribution in [3.05, 3.63) is 53.6 Å². The Balaban J connectivity index is 2.14. The molecule has 0 atom stereocenters. The zero-order valence-electron chi connectivity index (χ0n) is 11.1. The van der Waals surface area contributed by atoms with Crippen molar-refractivity contribution in [2.75, 3.05) is 5.73 Å². The normalized spacial score (nSPS) is 10.8. The molecule has 2 N–H and O–H groups in total. The van der Waals surface area contributed by atoms with Crippen LogP contribution in [-0.2, 0) is 0 Å². The predicted octanol–water partition coefficient (Wildman–Crippen LogP) is 2.50. The van der Waals surface area contributed by atoms with E-state index in [4.69, 9.17) is 5.73 Å². The molecule has 0 aliphatic heterocycles. The molecule has 7 heteroatoms.